The Morgan fingerprint density at radius 3 is 2.46 bits per heavy atom. The van der Waals surface area contributed by atoms with Crippen LogP contribution in [0.1, 0.15) is 52.3 Å². The minimum Gasteiger partial charge on any atom is -0.471 e. The quantitative estimate of drug-likeness (QED) is 0.368. The fourth-order valence-electron chi connectivity index (χ4n) is 2.45. The fourth-order valence-corrected chi connectivity index (χ4v) is 2.82. The SMILES string of the molecule is C=C(/C=C\C)CCC.COC=O.COCc1nn(C(C)C)c2ccc(Br)cc12. The molecule has 0 aliphatic rings. The molecule has 2 rings (SSSR count). The van der Waals surface area contributed by atoms with Gasteiger partial charge in [-0.05, 0) is 45.4 Å². The van der Waals surface area contributed by atoms with Crippen LogP contribution in [0.2, 0.25) is 0 Å². The summed E-state index contributed by atoms with van der Waals surface area (Å²) >= 11 is 3.49. The van der Waals surface area contributed by atoms with Gasteiger partial charge in [0, 0.05) is 23.0 Å². The van der Waals surface area contributed by atoms with Crippen LogP contribution < -0.4 is 0 Å². The summed E-state index contributed by atoms with van der Waals surface area (Å²) in [7, 11) is 3.01. The third kappa shape index (κ3) is 9.33. The topological polar surface area (TPSA) is 53.4 Å². The van der Waals surface area contributed by atoms with Gasteiger partial charge in [-0.1, -0.05) is 53.6 Å². The lowest BCUT2D eigenvalue weighted by Gasteiger charge is -2.06. The van der Waals surface area contributed by atoms with E-state index in [2.05, 4.69) is 71.3 Å². The Bertz CT molecular complexity index is 752. The number of ether oxygens (including phenoxy) is 2. The maximum absolute atomic E-state index is 8.95. The molecule has 0 saturated carbocycles. The van der Waals surface area contributed by atoms with Crippen molar-refractivity contribution in [2.75, 3.05) is 14.2 Å². The highest BCUT2D eigenvalue weighted by molar-refractivity contribution is 9.10. The molecule has 6 heteroatoms. The molecule has 0 spiro atoms. The number of rotatable bonds is 7. The van der Waals surface area contributed by atoms with E-state index in [0.717, 1.165) is 27.5 Å². The summed E-state index contributed by atoms with van der Waals surface area (Å²) in [5.74, 6) is 0. The first-order chi connectivity index (χ1) is 13.4. The molecule has 1 aromatic carbocycles. The van der Waals surface area contributed by atoms with Crippen LogP contribution in [0.3, 0.4) is 0 Å². The zero-order valence-electron chi connectivity index (χ0n) is 17.9. The molecule has 1 aromatic heterocycles. The Kier molecular flexibility index (Phi) is 14.0. The molecule has 1 heterocycles. The molecule has 0 unspecified atom stereocenters. The van der Waals surface area contributed by atoms with Gasteiger partial charge in [-0.2, -0.15) is 5.10 Å². The van der Waals surface area contributed by atoms with Crippen molar-refractivity contribution in [1.82, 2.24) is 9.78 Å². The van der Waals surface area contributed by atoms with Gasteiger partial charge in [0.1, 0.15) is 0 Å². The van der Waals surface area contributed by atoms with E-state index in [0.29, 0.717) is 19.1 Å². The van der Waals surface area contributed by atoms with Crippen molar-refractivity contribution in [3.63, 3.8) is 0 Å². The number of aromatic nitrogens is 2. The van der Waals surface area contributed by atoms with Gasteiger partial charge in [-0.15, -0.1) is 0 Å². The fraction of sp³-hybridized carbons (Fsp3) is 0.455. The van der Waals surface area contributed by atoms with E-state index in [4.69, 9.17) is 9.53 Å². The Labute approximate surface area is 177 Å². The van der Waals surface area contributed by atoms with E-state index in [1.165, 1.54) is 19.1 Å². The molecule has 2 aromatic rings. The maximum atomic E-state index is 8.95. The molecule has 0 atom stereocenters. The largest absolute Gasteiger partial charge is 0.471 e. The van der Waals surface area contributed by atoms with Crippen LogP contribution in [0.4, 0.5) is 0 Å². The van der Waals surface area contributed by atoms with Gasteiger partial charge in [0.2, 0.25) is 0 Å². The number of fused-ring (bicyclic) bond motifs is 1. The van der Waals surface area contributed by atoms with Gasteiger partial charge in [0.15, 0.2) is 0 Å². The molecule has 0 saturated heterocycles. The van der Waals surface area contributed by atoms with Crippen molar-refractivity contribution in [1.29, 1.82) is 0 Å². The number of hydrogen-bond acceptors (Lipinski definition) is 4. The maximum Gasteiger partial charge on any atom is 0.292 e. The van der Waals surface area contributed by atoms with Crippen LogP contribution in [0, 0.1) is 0 Å². The lowest BCUT2D eigenvalue weighted by Crippen LogP contribution is -2.03. The molecule has 0 amide bonds. The predicted molar refractivity (Wildman–Crippen MR) is 120 cm³/mol. The molecule has 0 aliphatic heterocycles. The number of nitrogens with zero attached hydrogens (tertiary/aromatic N) is 2. The molecule has 0 aliphatic carbocycles. The molecule has 0 N–H and O–H groups in total. The second-order valence-electron chi connectivity index (χ2n) is 6.32. The highest BCUT2D eigenvalue weighted by Crippen LogP contribution is 2.25. The summed E-state index contributed by atoms with van der Waals surface area (Å²) in [6.45, 7) is 13.2. The van der Waals surface area contributed by atoms with E-state index in [-0.39, 0.29) is 0 Å². The number of benzene rings is 1. The first-order valence-corrected chi connectivity index (χ1v) is 10.1. The number of allylic oxidation sites excluding steroid dienone is 3. The van der Waals surface area contributed by atoms with Crippen molar-refractivity contribution >= 4 is 33.3 Å². The normalized spacial score (nSPS) is 10.3. The summed E-state index contributed by atoms with van der Waals surface area (Å²) in [6, 6.07) is 6.58. The molecule has 5 nitrogen and oxygen atoms in total. The lowest BCUT2D eigenvalue weighted by molar-refractivity contribution is -0.126. The number of carbonyl (C=O) groups is 1. The summed E-state index contributed by atoms with van der Waals surface area (Å²) < 4.78 is 12.1. The Balaban J connectivity index is 0.000000511. The van der Waals surface area contributed by atoms with Crippen molar-refractivity contribution < 1.29 is 14.3 Å². The number of halogens is 1. The first kappa shape index (κ1) is 26.1. The van der Waals surface area contributed by atoms with Crippen molar-refractivity contribution in [3.8, 4) is 0 Å². The number of methoxy groups -OCH3 is 2. The molecular formula is C22H33BrN2O3. The van der Waals surface area contributed by atoms with Gasteiger partial charge < -0.3 is 9.47 Å². The van der Waals surface area contributed by atoms with Crippen LogP contribution in [-0.4, -0.2) is 30.5 Å². The van der Waals surface area contributed by atoms with Gasteiger partial charge in [-0.3, -0.25) is 9.48 Å². The summed E-state index contributed by atoms with van der Waals surface area (Å²) in [6.07, 6.45) is 6.41. The second-order valence-corrected chi connectivity index (χ2v) is 7.24. The average molecular weight is 453 g/mol. The molecule has 156 valence electrons. The van der Waals surface area contributed by atoms with Crippen molar-refractivity contribution in [3.05, 3.63) is 52.7 Å². The zero-order valence-corrected chi connectivity index (χ0v) is 19.5. The van der Waals surface area contributed by atoms with Gasteiger partial charge in [0.05, 0.1) is 24.9 Å². The summed E-state index contributed by atoms with van der Waals surface area (Å²) in [5, 5.41) is 5.75. The first-order valence-electron chi connectivity index (χ1n) is 9.28. The number of hydrogen-bond donors (Lipinski definition) is 0. The standard InChI is InChI=1S/C12H15BrN2O.C8H14.C2H4O2/c1-8(2)15-12-5-4-9(13)6-10(12)11(14-15)7-16-3;1-4-6-8(3)7-5-2;1-4-2-3/h4-6,8H,7H2,1-3H3;4,6H,3,5,7H2,1-2H3;2H,1H3/b;6-4-;. The van der Waals surface area contributed by atoms with Crippen LogP contribution in [-0.2, 0) is 20.9 Å². The highest BCUT2D eigenvalue weighted by Gasteiger charge is 2.12. The van der Waals surface area contributed by atoms with Crippen LogP contribution in [0.15, 0.2) is 47.0 Å². The molecular weight excluding hydrogens is 420 g/mol. The van der Waals surface area contributed by atoms with E-state index >= 15 is 0 Å². The smallest absolute Gasteiger partial charge is 0.292 e. The molecule has 0 bridgehead atoms. The van der Waals surface area contributed by atoms with Crippen LogP contribution in [0.25, 0.3) is 10.9 Å². The van der Waals surface area contributed by atoms with E-state index < -0.39 is 0 Å². The minimum atomic E-state index is 0.356. The average Bonchev–Trinajstić information content (AvgIpc) is 3.01. The van der Waals surface area contributed by atoms with E-state index in [1.54, 1.807) is 7.11 Å². The van der Waals surface area contributed by atoms with Crippen molar-refractivity contribution in [2.24, 2.45) is 0 Å². The van der Waals surface area contributed by atoms with Crippen molar-refractivity contribution in [2.45, 2.75) is 53.2 Å². The highest BCUT2D eigenvalue weighted by atomic mass is 79.9. The second kappa shape index (κ2) is 15.1. The molecule has 28 heavy (non-hydrogen) atoms. The molecule has 0 radical (unpaired) electrons. The zero-order chi connectivity index (χ0) is 21.5. The van der Waals surface area contributed by atoms with Gasteiger partial charge in [0.25, 0.3) is 6.47 Å². The van der Waals surface area contributed by atoms with E-state index in [1.807, 2.05) is 23.7 Å². The van der Waals surface area contributed by atoms with E-state index in [9.17, 15) is 0 Å². The van der Waals surface area contributed by atoms with Crippen LogP contribution in [0.5, 0.6) is 0 Å². The summed E-state index contributed by atoms with van der Waals surface area (Å²) in [5.41, 5.74) is 3.38. The lowest BCUT2D eigenvalue weighted by atomic mass is 10.2. The number of carbonyl (C=O) groups excluding carboxylic acids is 1. The predicted octanol–water partition coefficient (Wildman–Crippen LogP) is 6.23. The van der Waals surface area contributed by atoms with Gasteiger partial charge in [-0.25, -0.2) is 0 Å². The Morgan fingerprint density at radius 1 is 1.36 bits per heavy atom. The third-order valence-corrected chi connectivity index (χ3v) is 4.08. The third-order valence-electron chi connectivity index (χ3n) is 3.58. The van der Waals surface area contributed by atoms with Crippen LogP contribution >= 0.6 is 15.9 Å². The Morgan fingerprint density at radius 2 is 2.00 bits per heavy atom. The minimum absolute atomic E-state index is 0.356. The Hall–Kier alpha value is -1.92. The molecule has 0 fully saturated rings. The van der Waals surface area contributed by atoms with Gasteiger partial charge >= 0.3 is 0 Å². The summed E-state index contributed by atoms with van der Waals surface area (Å²) in [4.78, 5) is 8.95. The monoisotopic (exact) mass is 452 g/mol.